The summed E-state index contributed by atoms with van der Waals surface area (Å²) in [6.45, 7) is 5.50. The number of anilines is 1. The molecule has 2 aromatic rings. The van der Waals surface area contributed by atoms with Gasteiger partial charge in [0.05, 0.1) is 33.1 Å². The quantitative estimate of drug-likeness (QED) is 0.259. The van der Waals surface area contributed by atoms with Crippen LogP contribution in [0.15, 0.2) is 29.1 Å². The number of methoxy groups -OCH3 is 3. The molecule has 4 N–H and O–H groups in total. The number of amides is 2. The average Bonchev–Trinajstić information content (AvgIpc) is 3.20. The maximum Gasteiger partial charge on any atom is 0.303 e. The first-order valence-electron chi connectivity index (χ1n) is 14.1. The fourth-order valence-corrected chi connectivity index (χ4v) is 5.26. The van der Waals surface area contributed by atoms with Crippen LogP contribution in [0.25, 0.3) is 11.1 Å². The molecule has 0 saturated heterocycles. The van der Waals surface area contributed by atoms with Crippen molar-refractivity contribution in [1.82, 2.24) is 10.6 Å². The first-order chi connectivity index (χ1) is 20.1. The zero-order valence-electron chi connectivity index (χ0n) is 25.1. The van der Waals surface area contributed by atoms with Gasteiger partial charge in [0.2, 0.25) is 23.0 Å². The molecule has 0 radical (unpaired) electrons. The van der Waals surface area contributed by atoms with Crippen LogP contribution in [0, 0.1) is 5.92 Å². The van der Waals surface area contributed by atoms with Crippen LogP contribution in [0.4, 0.5) is 5.69 Å². The predicted molar refractivity (Wildman–Crippen MR) is 159 cm³/mol. The Balaban J connectivity index is 2.15. The third kappa shape index (κ3) is 7.32. The molecule has 1 aliphatic carbocycles. The van der Waals surface area contributed by atoms with E-state index < -0.39 is 18.1 Å². The van der Waals surface area contributed by atoms with Crippen molar-refractivity contribution in [3.8, 4) is 28.4 Å². The van der Waals surface area contributed by atoms with Crippen LogP contribution in [0.5, 0.6) is 17.2 Å². The van der Waals surface area contributed by atoms with Gasteiger partial charge in [0, 0.05) is 25.5 Å². The Morgan fingerprint density at radius 3 is 2.38 bits per heavy atom. The lowest BCUT2D eigenvalue weighted by Crippen LogP contribution is -2.44. The van der Waals surface area contributed by atoms with Gasteiger partial charge < -0.3 is 35.3 Å². The molecular weight excluding hydrogens is 542 g/mol. The molecule has 1 aliphatic rings. The lowest BCUT2D eigenvalue weighted by molar-refractivity contribution is -0.137. The molecule has 3 atom stereocenters. The van der Waals surface area contributed by atoms with Crippen LogP contribution >= 0.6 is 0 Å². The van der Waals surface area contributed by atoms with Crippen LogP contribution < -0.4 is 35.6 Å². The number of nitrogens with one attached hydrogen (secondary N) is 3. The number of carboxylic acids is 1. The van der Waals surface area contributed by atoms with Crippen LogP contribution in [0.3, 0.4) is 0 Å². The van der Waals surface area contributed by atoms with Gasteiger partial charge in [0.1, 0.15) is 6.04 Å². The normalized spacial score (nSPS) is 15.1. The second-order valence-corrected chi connectivity index (χ2v) is 10.4. The molecule has 3 rings (SSSR count). The highest BCUT2D eigenvalue weighted by Crippen LogP contribution is 2.50. The summed E-state index contributed by atoms with van der Waals surface area (Å²) in [7, 11) is 4.61. The first kappa shape index (κ1) is 32.2. The summed E-state index contributed by atoms with van der Waals surface area (Å²) in [6, 6.07) is 5.64. The molecular formula is C31H41N3O8. The highest BCUT2D eigenvalue weighted by Gasteiger charge is 2.30. The van der Waals surface area contributed by atoms with Gasteiger partial charge in [-0.2, -0.15) is 0 Å². The highest BCUT2D eigenvalue weighted by molar-refractivity contribution is 5.86. The Hall–Kier alpha value is -4.28. The minimum Gasteiger partial charge on any atom is -0.493 e. The molecule has 2 amide bonds. The number of aryl methyl sites for hydroxylation is 1. The van der Waals surface area contributed by atoms with Crippen LogP contribution in [0.1, 0.15) is 63.6 Å². The van der Waals surface area contributed by atoms with E-state index >= 15 is 0 Å². The summed E-state index contributed by atoms with van der Waals surface area (Å²) in [5.41, 5.74) is 2.81. The molecule has 0 bridgehead atoms. The Morgan fingerprint density at radius 2 is 1.79 bits per heavy atom. The van der Waals surface area contributed by atoms with E-state index in [1.165, 1.54) is 27.2 Å². The number of ether oxygens (including phenoxy) is 3. The molecule has 0 aromatic heterocycles. The molecule has 11 heteroatoms. The number of aliphatic carboxylic acids is 1. The van der Waals surface area contributed by atoms with E-state index in [9.17, 15) is 19.2 Å². The van der Waals surface area contributed by atoms with Gasteiger partial charge in [-0.05, 0) is 60.1 Å². The summed E-state index contributed by atoms with van der Waals surface area (Å²) in [4.78, 5) is 49.8. The van der Waals surface area contributed by atoms with E-state index in [0.29, 0.717) is 54.1 Å². The van der Waals surface area contributed by atoms with Gasteiger partial charge in [-0.1, -0.05) is 26.3 Å². The number of carboxylic acid groups (broad SMARTS) is 1. The van der Waals surface area contributed by atoms with Gasteiger partial charge in [-0.25, -0.2) is 0 Å². The minimum absolute atomic E-state index is 0.0520. The molecule has 0 spiro atoms. The predicted octanol–water partition coefficient (Wildman–Crippen LogP) is 3.67. The van der Waals surface area contributed by atoms with Crippen molar-refractivity contribution in [1.29, 1.82) is 0 Å². The maximum atomic E-state index is 13.7. The maximum absolute atomic E-state index is 13.7. The molecule has 0 heterocycles. The topological polar surface area (TPSA) is 152 Å². The fourth-order valence-electron chi connectivity index (χ4n) is 5.26. The van der Waals surface area contributed by atoms with Gasteiger partial charge in [0.15, 0.2) is 11.5 Å². The second kappa shape index (κ2) is 14.6. The smallest absolute Gasteiger partial charge is 0.303 e. The second-order valence-electron chi connectivity index (χ2n) is 10.4. The summed E-state index contributed by atoms with van der Waals surface area (Å²) >= 11 is 0. The van der Waals surface area contributed by atoms with Crippen molar-refractivity contribution in [2.24, 2.45) is 5.92 Å². The standard InChI is InChI=1S/C31H41N3O8/c1-7-17(2)28(31(39)32-14-8-9-26(37)38)34-23-13-11-20-21(16-24(23)36)22(33-18(3)35)12-10-19-15-25(40-4)29(41-5)30(42-6)27(19)20/h11,13,15-17,22,28H,7-10,12,14H2,1-6H3,(H,32,39)(H,33,35)(H,34,36)(H,37,38)/t17-,22-,28-/m1/s1. The number of rotatable bonds is 13. The Kier molecular flexibility index (Phi) is 11.2. The molecule has 42 heavy (non-hydrogen) atoms. The van der Waals surface area contributed by atoms with Crippen LogP contribution in [0.2, 0.25) is 0 Å². The van der Waals surface area contributed by atoms with Gasteiger partial charge in [-0.3, -0.25) is 19.2 Å². The Bertz CT molecular complexity index is 1380. The van der Waals surface area contributed by atoms with E-state index in [1.54, 1.807) is 19.2 Å². The monoisotopic (exact) mass is 583 g/mol. The summed E-state index contributed by atoms with van der Waals surface area (Å²) in [5.74, 6) is -0.244. The molecule has 2 aromatic carbocycles. The number of carbonyl (C=O) groups excluding carboxylic acids is 2. The van der Waals surface area contributed by atoms with Crippen molar-refractivity contribution < 1.29 is 33.7 Å². The van der Waals surface area contributed by atoms with Gasteiger partial charge in [-0.15, -0.1) is 0 Å². The third-order valence-corrected chi connectivity index (χ3v) is 7.59. The number of hydrogen-bond donors (Lipinski definition) is 4. The summed E-state index contributed by atoms with van der Waals surface area (Å²) in [6.07, 6.45) is 2.02. The first-order valence-corrected chi connectivity index (χ1v) is 14.1. The number of benzene rings is 1. The number of carbonyl (C=O) groups is 3. The van der Waals surface area contributed by atoms with Crippen LogP contribution in [-0.2, 0) is 20.8 Å². The third-order valence-electron chi connectivity index (χ3n) is 7.59. The summed E-state index contributed by atoms with van der Waals surface area (Å²) < 4.78 is 17.0. The molecule has 0 fully saturated rings. The molecule has 228 valence electrons. The fraction of sp³-hybridized carbons (Fsp3) is 0.484. The van der Waals surface area contributed by atoms with Crippen molar-refractivity contribution in [3.63, 3.8) is 0 Å². The van der Waals surface area contributed by atoms with Gasteiger partial charge >= 0.3 is 5.97 Å². The lowest BCUT2D eigenvalue weighted by Gasteiger charge is -2.24. The molecule has 0 saturated carbocycles. The van der Waals surface area contributed by atoms with Crippen LogP contribution in [-0.4, -0.2) is 56.8 Å². The Morgan fingerprint density at radius 1 is 1.07 bits per heavy atom. The van der Waals surface area contributed by atoms with Crippen molar-refractivity contribution >= 4 is 23.5 Å². The van der Waals surface area contributed by atoms with E-state index in [4.69, 9.17) is 19.3 Å². The summed E-state index contributed by atoms with van der Waals surface area (Å²) in [5, 5.41) is 17.8. The van der Waals surface area contributed by atoms with E-state index in [-0.39, 0.29) is 41.8 Å². The Labute approximate surface area is 245 Å². The lowest BCUT2D eigenvalue weighted by atomic mass is 9.95. The molecule has 11 nitrogen and oxygen atoms in total. The molecule has 0 aliphatic heterocycles. The minimum atomic E-state index is -0.930. The van der Waals surface area contributed by atoms with E-state index in [1.807, 2.05) is 19.9 Å². The number of fused-ring (bicyclic) bond motifs is 3. The van der Waals surface area contributed by atoms with E-state index in [2.05, 4.69) is 16.0 Å². The van der Waals surface area contributed by atoms with Gasteiger partial charge in [0.25, 0.3) is 0 Å². The largest absolute Gasteiger partial charge is 0.493 e. The molecule has 0 unspecified atom stereocenters. The highest BCUT2D eigenvalue weighted by atomic mass is 16.5. The zero-order valence-corrected chi connectivity index (χ0v) is 25.1. The zero-order chi connectivity index (χ0) is 31.0. The number of hydrogen-bond acceptors (Lipinski definition) is 8. The van der Waals surface area contributed by atoms with Crippen molar-refractivity contribution in [3.05, 3.63) is 45.6 Å². The van der Waals surface area contributed by atoms with Crippen molar-refractivity contribution in [2.45, 2.75) is 65.0 Å². The SMILES string of the molecule is CC[C@@H](C)[C@@H](Nc1ccc2c(cc1=O)[C@H](NC(C)=O)CCc1cc(OC)c(OC)c(OC)c1-2)C(=O)NCCCC(=O)O. The van der Waals surface area contributed by atoms with E-state index in [0.717, 1.165) is 11.1 Å². The average molecular weight is 584 g/mol. The van der Waals surface area contributed by atoms with Crippen molar-refractivity contribution in [2.75, 3.05) is 33.2 Å².